The lowest BCUT2D eigenvalue weighted by Crippen LogP contribution is -2.33. The van der Waals surface area contributed by atoms with E-state index >= 15 is 0 Å². The molecule has 1 aromatic carbocycles. The fourth-order valence-electron chi connectivity index (χ4n) is 1.12. The number of aromatic nitrogens is 2. The summed E-state index contributed by atoms with van der Waals surface area (Å²) in [7, 11) is 0. The average molecular weight is 216 g/mol. The summed E-state index contributed by atoms with van der Waals surface area (Å²) in [6.07, 6.45) is 0. The molecule has 2 rings (SSSR count). The monoisotopic (exact) mass is 216 g/mol. The maximum absolute atomic E-state index is 11.0. The van der Waals surface area contributed by atoms with Crippen LogP contribution in [0.4, 0.5) is 5.69 Å². The molecule has 1 aromatic heterocycles. The summed E-state index contributed by atoms with van der Waals surface area (Å²) in [4.78, 5) is 22.0. The molecule has 16 heavy (non-hydrogen) atoms. The number of rotatable bonds is 2. The van der Waals surface area contributed by atoms with Gasteiger partial charge in [0.1, 0.15) is 0 Å². The van der Waals surface area contributed by atoms with Crippen molar-refractivity contribution in [3.05, 3.63) is 55.9 Å². The van der Waals surface area contributed by atoms with E-state index in [1.807, 2.05) is 19.1 Å². The second kappa shape index (κ2) is 4.01. The topological polar surface area (TPSA) is 84.3 Å². The Morgan fingerprint density at radius 2 is 1.62 bits per heavy atom. The van der Waals surface area contributed by atoms with Crippen molar-refractivity contribution < 1.29 is 0 Å². The van der Waals surface area contributed by atoms with Gasteiger partial charge in [0.25, 0.3) is 0 Å². The summed E-state index contributed by atoms with van der Waals surface area (Å²) >= 11 is 0. The average Bonchev–Trinajstić information content (AvgIpc) is 2.59. The Kier molecular flexibility index (Phi) is 2.55. The lowest BCUT2D eigenvalue weighted by molar-refractivity contribution is 1.03. The highest BCUT2D eigenvalue weighted by molar-refractivity contribution is 5.43. The van der Waals surface area contributed by atoms with Crippen LogP contribution in [-0.2, 0) is 0 Å². The van der Waals surface area contributed by atoms with Crippen molar-refractivity contribution in [2.24, 2.45) is 5.10 Å². The van der Waals surface area contributed by atoms with Gasteiger partial charge in [-0.05, 0) is 19.1 Å². The molecule has 80 valence electrons. The van der Waals surface area contributed by atoms with Crippen LogP contribution in [0.3, 0.4) is 0 Å². The van der Waals surface area contributed by atoms with Gasteiger partial charge in [0.05, 0.1) is 5.69 Å². The lowest BCUT2D eigenvalue weighted by Gasteiger charge is -1.98. The third-order valence-electron chi connectivity index (χ3n) is 1.99. The summed E-state index contributed by atoms with van der Waals surface area (Å²) in [6, 6.07) is 7.35. The van der Waals surface area contributed by atoms with Crippen LogP contribution in [0.15, 0.2) is 39.0 Å². The van der Waals surface area contributed by atoms with Gasteiger partial charge in [0, 0.05) is 0 Å². The first-order valence-corrected chi connectivity index (χ1v) is 4.57. The molecule has 0 unspecified atom stereocenters. The molecular weight excluding hydrogens is 208 g/mol. The van der Waals surface area contributed by atoms with Gasteiger partial charge in [-0.3, -0.25) is 15.0 Å². The molecule has 2 aromatic rings. The molecule has 0 aliphatic rings. The van der Waals surface area contributed by atoms with Crippen molar-refractivity contribution in [2.75, 3.05) is 5.43 Å². The number of benzene rings is 1. The van der Waals surface area contributed by atoms with E-state index in [1.54, 1.807) is 12.1 Å². The molecule has 0 fully saturated rings. The zero-order valence-corrected chi connectivity index (χ0v) is 8.47. The van der Waals surface area contributed by atoms with Gasteiger partial charge in [-0.15, -0.1) is 10.2 Å². The van der Waals surface area contributed by atoms with E-state index in [0.29, 0.717) is 5.69 Å². The van der Waals surface area contributed by atoms with Gasteiger partial charge in [-0.2, -0.15) is 5.10 Å². The highest BCUT2D eigenvalue weighted by atomic mass is 16.2. The lowest BCUT2D eigenvalue weighted by atomic mass is 10.2. The van der Waals surface area contributed by atoms with Crippen LogP contribution in [0.5, 0.6) is 0 Å². The maximum atomic E-state index is 11.0. The van der Waals surface area contributed by atoms with Crippen LogP contribution in [-0.4, -0.2) is 10.2 Å². The second-order valence-electron chi connectivity index (χ2n) is 3.25. The smallest absolute Gasteiger partial charge is 0.278 e. The number of nitrogens with zero attached hydrogens (tertiary/aromatic N) is 3. The highest BCUT2D eigenvalue weighted by Gasteiger charge is 2.01. The van der Waals surface area contributed by atoms with Crippen LogP contribution in [0, 0.1) is 6.92 Å². The van der Waals surface area contributed by atoms with E-state index in [1.165, 1.54) is 0 Å². The Morgan fingerprint density at radius 1 is 1.06 bits per heavy atom. The Morgan fingerprint density at radius 3 is 2.19 bits per heavy atom. The van der Waals surface area contributed by atoms with Crippen molar-refractivity contribution in [3.63, 3.8) is 0 Å². The minimum absolute atomic E-state index is 0.291. The fourth-order valence-corrected chi connectivity index (χ4v) is 1.12. The molecule has 0 amide bonds. The number of aryl methyl sites for hydroxylation is 1. The van der Waals surface area contributed by atoms with Gasteiger partial charge < -0.3 is 0 Å². The van der Waals surface area contributed by atoms with Crippen molar-refractivity contribution in [3.8, 4) is 0 Å². The molecular formula is C10H8N4O2. The SMILES string of the molecule is Cc1ccc(NN=c2c(=O)nnc2=O)cc1. The molecule has 6 heteroatoms. The first-order chi connectivity index (χ1) is 7.66. The molecule has 1 N–H and O–H groups in total. The first-order valence-electron chi connectivity index (χ1n) is 4.57. The summed E-state index contributed by atoms with van der Waals surface area (Å²) in [6.45, 7) is 1.96. The van der Waals surface area contributed by atoms with Gasteiger partial charge in [-0.25, -0.2) is 0 Å². The van der Waals surface area contributed by atoms with Crippen molar-refractivity contribution in [2.45, 2.75) is 6.92 Å². The Bertz CT molecular complexity index is 608. The molecule has 1 heterocycles. The van der Waals surface area contributed by atoms with E-state index in [9.17, 15) is 9.59 Å². The van der Waals surface area contributed by atoms with Crippen LogP contribution in [0.2, 0.25) is 0 Å². The van der Waals surface area contributed by atoms with Gasteiger partial charge in [0.2, 0.25) is 5.36 Å². The molecule has 0 spiro atoms. The quantitative estimate of drug-likeness (QED) is 0.671. The summed E-state index contributed by atoms with van der Waals surface area (Å²) < 4.78 is 0. The van der Waals surface area contributed by atoms with Crippen LogP contribution in [0.25, 0.3) is 0 Å². The zero-order valence-electron chi connectivity index (χ0n) is 8.47. The fraction of sp³-hybridized carbons (Fsp3) is 0.100. The zero-order chi connectivity index (χ0) is 11.5. The third kappa shape index (κ3) is 2.00. The van der Waals surface area contributed by atoms with E-state index in [-0.39, 0.29) is 5.36 Å². The second-order valence-corrected chi connectivity index (χ2v) is 3.25. The minimum atomic E-state index is -0.718. The van der Waals surface area contributed by atoms with E-state index < -0.39 is 11.1 Å². The molecule has 0 saturated heterocycles. The highest BCUT2D eigenvalue weighted by Crippen LogP contribution is 2.07. The van der Waals surface area contributed by atoms with E-state index in [2.05, 4.69) is 20.7 Å². The van der Waals surface area contributed by atoms with Crippen molar-refractivity contribution in [1.82, 2.24) is 10.2 Å². The molecule has 0 saturated carbocycles. The molecule has 0 bridgehead atoms. The first kappa shape index (κ1) is 10.2. The summed E-state index contributed by atoms with van der Waals surface area (Å²) in [5, 5.41) is 9.56. The van der Waals surface area contributed by atoms with Crippen molar-refractivity contribution >= 4 is 5.69 Å². The van der Waals surface area contributed by atoms with Gasteiger partial charge in [0.15, 0.2) is 0 Å². The standard InChI is InChI=1S/C10H8N4O2/c1-6-2-4-7(5-3-6)11-12-8-9(15)13-14-10(8)16/h2-5,11H,1H3. The molecule has 6 nitrogen and oxygen atoms in total. The number of hydrogen-bond donors (Lipinski definition) is 1. The normalized spacial score (nSPS) is 10.1. The Hall–Kier alpha value is -2.37. The van der Waals surface area contributed by atoms with Crippen molar-refractivity contribution in [1.29, 1.82) is 0 Å². The van der Waals surface area contributed by atoms with Crippen LogP contribution < -0.4 is 21.9 Å². The summed E-state index contributed by atoms with van der Waals surface area (Å²) in [5.41, 5.74) is 2.96. The number of hydrogen-bond acceptors (Lipinski definition) is 6. The predicted octanol–water partition coefficient (Wildman–Crippen LogP) is -0.691. The van der Waals surface area contributed by atoms with E-state index in [4.69, 9.17) is 0 Å². The third-order valence-corrected chi connectivity index (χ3v) is 1.99. The predicted molar refractivity (Wildman–Crippen MR) is 57.3 cm³/mol. The van der Waals surface area contributed by atoms with Gasteiger partial charge >= 0.3 is 11.1 Å². The van der Waals surface area contributed by atoms with Crippen LogP contribution in [0.1, 0.15) is 5.56 Å². The molecule has 0 atom stereocenters. The van der Waals surface area contributed by atoms with Gasteiger partial charge in [-0.1, -0.05) is 17.7 Å². The molecule has 0 aliphatic carbocycles. The number of nitrogens with one attached hydrogen (secondary N) is 1. The Labute approximate surface area is 90.0 Å². The maximum Gasteiger partial charge on any atom is 0.321 e. The van der Waals surface area contributed by atoms with E-state index in [0.717, 1.165) is 5.56 Å². The number of anilines is 1. The van der Waals surface area contributed by atoms with Crippen LogP contribution >= 0.6 is 0 Å². The Balaban J connectivity index is 2.31. The molecule has 0 aliphatic heterocycles. The molecule has 0 radical (unpaired) electrons. The largest absolute Gasteiger partial charge is 0.321 e. The minimum Gasteiger partial charge on any atom is -0.278 e. The summed E-state index contributed by atoms with van der Waals surface area (Å²) in [5.74, 6) is 0.